The van der Waals surface area contributed by atoms with E-state index >= 15 is 0 Å². The van der Waals surface area contributed by atoms with Crippen molar-refractivity contribution in [3.05, 3.63) is 60.7 Å². The Labute approximate surface area is 253 Å². The first-order valence-corrected chi connectivity index (χ1v) is 20.7. The number of carbonyl (C=O) groups is 4. The van der Waals surface area contributed by atoms with Crippen LogP contribution in [0.3, 0.4) is 0 Å². The van der Waals surface area contributed by atoms with Crippen molar-refractivity contribution in [1.82, 2.24) is 10.6 Å². The number of ether oxygens (including phenoxy) is 2. The molecule has 4 amide bonds. The number of unbranched alkanes of at least 4 members (excludes halogenated alkanes) is 4. The number of methoxy groups -OCH3 is 2. The topological polar surface area (TPSA) is 117 Å². The average Bonchev–Trinajstić information content (AvgIpc) is 2.97. The van der Waals surface area contributed by atoms with Crippen LogP contribution in [-0.2, 0) is 19.1 Å². The van der Waals surface area contributed by atoms with Crippen LogP contribution in [0.1, 0.15) is 51.4 Å². The number of halogens is 3. The van der Waals surface area contributed by atoms with Gasteiger partial charge in [0.15, 0.2) is 0 Å². The minimum atomic E-state index is -4.66. The number of amides is 4. The summed E-state index contributed by atoms with van der Waals surface area (Å²) in [5, 5.41) is 5.73. The molecule has 10 nitrogen and oxygen atoms in total. The molecule has 2 aromatic rings. The van der Waals surface area contributed by atoms with E-state index < -0.39 is 28.8 Å². The van der Waals surface area contributed by atoms with Crippen LogP contribution in [0, 0.1) is 0 Å². The van der Waals surface area contributed by atoms with Crippen LogP contribution in [0.5, 0.6) is 0 Å². The summed E-state index contributed by atoms with van der Waals surface area (Å²) in [6.45, 7) is 0.661. The molecule has 0 fully saturated rings. The van der Waals surface area contributed by atoms with Crippen LogP contribution in [-0.4, -0.2) is 51.3 Å². The van der Waals surface area contributed by atoms with E-state index in [0.717, 1.165) is 0 Å². The first kappa shape index (κ1) is 34.4. The number of hydrogen-bond donors (Lipinski definition) is 2. The molecule has 0 spiro atoms. The van der Waals surface area contributed by atoms with E-state index in [4.69, 9.17) is 17.8 Å². The van der Waals surface area contributed by atoms with Gasteiger partial charge in [0.25, 0.3) is 0 Å². The molecular weight excluding hydrogens is 686 g/mol. The van der Waals surface area contributed by atoms with Gasteiger partial charge in [-0.05, 0) is 0 Å². The molecule has 0 atom stereocenters. The standard InChI is InChI=1S/C28H38Cl2IN4O6/c1-40-25(36)19-11-5-13-21-32-27(38)34(23-15-7-3-8-16-23)31(29,30)35(24-17-9-4-10-18-24)28(39)33-22-14-6-12-20-26(37)41-2/h3-4,7-10,15-18H,5-6,11-14,19-22H2,1-2H3,(H,32,38)(H,33,39)/q-1. The number of nitrogens with zero attached hydrogens (tertiary/aromatic N) is 2. The van der Waals surface area contributed by atoms with Crippen molar-refractivity contribution in [2.45, 2.75) is 51.4 Å². The monoisotopic (exact) mass is 723 g/mol. The van der Waals surface area contributed by atoms with Crippen molar-refractivity contribution in [2.75, 3.05) is 33.5 Å². The van der Waals surface area contributed by atoms with Crippen LogP contribution in [0.25, 0.3) is 0 Å². The van der Waals surface area contributed by atoms with Crippen LogP contribution in [0.4, 0.5) is 21.0 Å². The van der Waals surface area contributed by atoms with Crippen molar-refractivity contribution in [3.8, 4) is 0 Å². The molecular formula is C28H38Cl2IN4O6-. The van der Waals surface area contributed by atoms with Crippen molar-refractivity contribution in [3.63, 3.8) is 0 Å². The Balaban J connectivity index is 2.19. The fraction of sp³-hybridized carbons (Fsp3) is 0.429. The normalized spacial score (nSPS) is 11.2. The number of nitrogens with one attached hydrogen (secondary N) is 2. The second-order valence-corrected chi connectivity index (χ2v) is 19.3. The third kappa shape index (κ3) is 11.6. The van der Waals surface area contributed by atoms with E-state index in [-0.39, 0.29) is 11.9 Å². The zero-order chi connectivity index (χ0) is 30.1. The van der Waals surface area contributed by atoms with Crippen molar-refractivity contribution in [2.24, 2.45) is 0 Å². The van der Waals surface area contributed by atoms with Crippen molar-refractivity contribution in [1.29, 1.82) is 0 Å². The summed E-state index contributed by atoms with van der Waals surface area (Å²) in [6.07, 6.45) is 4.60. The Bertz CT molecular complexity index is 1030. The molecule has 0 saturated heterocycles. The van der Waals surface area contributed by atoms with E-state index in [1.807, 2.05) is 0 Å². The van der Waals surface area contributed by atoms with Crippen molar-refractivity contribution < 1.29 is 45.4 Å². The Kier molecular flexibility index (Phi) is 15.6. The molecule has 2 rings (SSSR count). The number of carbonyl (C=O) groups excluding carboxylic acids is 4. The van der Waals surface area contributed by atoms with Gasteiger partial charge in [-0.3, -0.25) is 0 Å². The Morgan fingerprint density at radius 3 is 1.34 bits per heavy atom. The molecule has 2 N–H and O–H groups in total. The summed E-state index contributed by atoms with van der Waals surface area (Å²) in [5.41, 5.74) is 0.905. The Hall–Kier alpha value is -2.77. The van der Waals surface area contributed by atoms with Gasteiger partial charge in [-0.15, -0.1) is 0 Å². The summed E-state index contributed by atoms with van der Waals surface area (Å²) in [4.78, 5) is 49.8. The minimum absolute atomic E-state index is 0.272. The van der Waals surface area contributed by atoms with Gasteiger partial charge < -0.3 is 0 Å². The first-order valence-electron chi connectivity index (χ1n) is 13.3. The number of esters is 2. The molecule has 228 valence electrons. The number of benzene rings is 2. The SMILES string of the molecule is COC(=O)CCCCCNC(=O)N(c1ccccc1)[I-](Cl)(Cl)N(C(=O)NCCCCCC(=O)OC)c1ccccc1. The van der Waals surface area contributed by atoms with Crippen LogP contribution >= 0.6 is 17.8 Å². The van der Waals surface area contributed by atoms with Gasteiger partial charge in [0.05, 0.1) is 0 Å². The van der Waals surface area contributed by atoms with Gasteiger partial charge in [0.2, 0.25) is 0 Å². The molecule has 41 heavy (non-hydrogen) atoms. The Morgan fingerprint density at radius 2 is 1.00 bits per heavy atom. The number of urea groups is 2. The number of anilines is 2. The fourth-order valence-electron chi connectivity index (χ4n) is 3.72. The van der Waals surface area contributed by atoms with Crippen LogP contribution in [0.2, 0.25) is 0 Å². The molecule has 0 aliphatic heterocycles. The molecule has 0 radical (unpaired) electrons. The van der Waals surface area contributed by atoms with Crippen LogP contribution in [0.15, 0.2) is 60.7 Å². The summed E-state index contributed by atoms with van der Waals surface area (Å²) in [7, 11) is 17.0. The predicted molar refractivity (Wildman–Crippen MR) is 157 cm³/mol. The fourth-order valence-corrected chi connectivity index (χ4v) is 11.1. The molecule has 0 aromatic heterocycles. The molecule has 0 saturated carbocycles. The maximum absolute atomic E-state index is 13.6. The zero-order valence-corrected chi connectivity index (χ0v) is 27.0. The molecule has 13 heteroatoms. The molecule has 0 aliphatic carbocycles. The van der Waals surface area contributed by atoms with Gasteiger partial charge in [0.1, 0.15) is 0 Å². The summed E-state index contributed by atoms with van der Waals surface area (Å²) >= 11 is -4.66. The second-order valence-electron chi connectivity index (χ2n) is 8.86. The second kappa shape index (κ2) is 18.6. The molecule has 2 aromatic carbocycles. The zero-order valence-electron chi connectivity index (χ0n) is 23.3. The maximum atomic E-state index is 13.6. The average molecular weight is 724 g/mol. The number of rotatable bonds is 16. The molecule has 0 bridgehead atoms. The third-order valence-electron chi connectivity index (χ3n) is 5.85. The van der Waals surface area contributed by atoms with E-state index in [0.29, 0.717) is 75.8 Å². The van der Waals surface area contributed by atoms with Crippen molar-refractivity contribution >= 4 is 53.2 Å². The number of hydrogen-bond acceptors (Lipinski definition) is 6. The quantitative estimate of drug-likeness (QED) is 0.119. The molecule has 0 heterocycles. The van der Waals surface area contributed by atoms with Gasteiger partial charge >= 0.3 is 255 Å². The van der Waals surface area contributed by atoms with Gasteiger partial charge in [-0.25, -0.2) is 0 Å². The van der Waals surface area contributed by atoms with Gasteiger partial charge in [-0.2, -0.15) is 0 Å². The van der Waals surface area contributed by atoms with Gasteiger partial charge in [0, 0.05) is 0 Å². The predicted octanol–water partition coefficient (Wildman–Crippen LogP) is 3.18. The van der Waals surface area contributed by atoms with Crippen LogP contribution < -0.4 is 33.6 Å². The van der Waals surface area contributed by atoms with Gasteiger partial charge in [-0.1, -0.05) is 0 Å². The Morgan fingerprint density at radius 1 is 0.634 bits per heavy atom. The van der Waals surface area contributed by atoms with E-state index in [2.05, 4.69) is 20.1 Å². The molecule has 0 aliphatic rings. The summed E-state index contributed by atoms with van der Waals surface area (Å²) in [6, 6.07) is 16.4. The van der Waals surface area contributed by atoms with E-state index in [1.165, 1.54) is 20.4 Å². The van der Waals surface area contributed by atoms with E-state index in [9.17, 15) is 19.2 Å². The number of para-hydroxylation sites is 2. The third-order valence-corrected chi connectivity index (χ3v) is 13.6. The molecule has 0 unspecified atom stereocenters. The summed E-state index contributed by atoms with van der Waals surface area (Å²) < 4.78 is 11.9. The van der Waals surface area contributed by atoms with E-state index in [1.54, 1.807) is 60.7 Å². The summed E-state index contributed by atoms with van der Waals surface area (Å²) in [5.74, 6) is -0.543. The first-order chi connectivity index (χ1) is 19.7.